The zero-order valence-corrected chi connectivity index (χ0v) is 17.0. The van der Waals surface area contributed by atoms with Gasteiger partial charge < -0.3 is 10.2 Å². The number of hydrogen-bond donors (Lipinski definition) is 1. The fourth-order valence-electron chi connectivity index (χ4n) is 3.17. The van der Waals surface area contributed by atoms with Crippen LogP contribution in [-0.2, 0) is 9.59 Å². The van der Waals surface area contributed by atoms with Crippen LogP contribution in [-0.4, -0.2) is 29.8 Å². The van der Waals surface area contributed by atoms with Crippen molar-refractivity contribution in [3.05, 3.63) is 54.1 Å². The second-order valence-electron chi connectivity index (χ2n) is 6.98. The van der Waals surface area contributed by atoms with E-state index in [-0.39, 0.29) is 24.1 Å². The first kappa shape index (κ1) is 22.5. The van der Waals surface area contributed by atoms with E-state index < -0.39 is 5.82 Å². The zero-order valence-electron chi connectivity index (χ0n) is 17.0. The average Bonchev–Trinajstić information content (AvgIpc) is 2.69. The van der Waals surface area contributed by atoms with Crippen LogP contribution in [0.1, 0.15) is 46.0 Å². The third-order valence-electron chi connectivity index (χ3n) is 4.55. The molecule has 29 heavy (non-hydrogen) atoms. The number of benzene rings is 2. The molecule has 0 bridgehead atoms. The maximum Gasteiger partial charge on any atom is 0.224 e. The number of carbonyl (C=O) groups excluding carboxylic acids is 2. The van der Waals surface area contributed by atoms with Crippen molar-refractivity contribution >= 4 is 17.5 Å². The summed E-state index contributed by atoms with van der Waals surface area (Å²) in [5, 5.41) is 2.78. The van der Waals surface area contributed by atoms with Gasteiger partial charge in [0.2, 0.25) is 11.8 Å². The van der Waals surface area contributed by atoms with Gasteiger partial charge in [-0.1, -0.05) is 26.0 Å². The van der Waals surface area contributed by atoms with Crippen LogP contribution in [0.5, 0.6) is 0 Å². The average molecular weight is 402 g/mol. The third kappa shape index (κ3) is 6.97. The number of hydrogen-bond acceptors (Lipinski definition) is 2. The van der Waals surface area contributed by atoms with Gasteiger partial charge in [-0.15, -0.1) is 0 Å². The van der Waals surface area contributed by atoms with Crippen molar-refractivity contribution in [3.8, 4) is 11.1 Å². The summed E-state index contributed by atoms with van der Waals surface area (Å²) in [4.78, 5) is 26.5. The molecular formula is C23H28F2N2O2. The fourth-order valence-corrected chi connectivity index (χ4v) is 3.17. The Morgan fingerprint density at radius 3 is 2.14 bits per heavy atom. The van der Waals surface area contributed by atoms with E-state index >= 15 is 0 Å². The molecule has 0 aliphatic carbocycles. The zero-order chi connectivity index (χ0) is 21.2. The lowest BCUT2D eigenvalue weighted by molar-refractivity contribution is -0.131. The van der Waals surface area contributed by atoms with E-state index in [0.29, 0.717) is 29.7 Å². The van der Waals surface area contributed by atoms with E-state index in [1.165, 1.54) is 42.5 Å². The largest absolute Gasteiger partial charge is 0.343 e. The molecule has 6 heteroatoms. The van der Waals surface area contributed by atoms with E-state index in [1.54, 1.807) is 0 Å². The lowest BCUT2D eigenvalue weighted by Gasteiger charge is -2.21. The maximum absolute atomic E-state index is 13.7. The molecular weight excluding hydrogens is 374 g/mol. The van der Waals surface area contributed by atoms with E-state index in [1.807, 2.05) is 18.7 Å². The minimum absolute atomic E-state index is 0.0651. The molecule has 0 atom stereocenters. The van der Waals surface area contributed by atoms with Crippen molar-refractivity contribution in [1.82, 2.24) is 4.90 Å². The Balaban J connectivity index is 1.97. The van der Waals surface area contributed by atoms with Crippen molar-refractivity contribution in [3.63, 3.8) is 0 Å². The number of carbonyl (C=O) groups is 2. The van der Waals surface area contributed by atoms with Gasteiger partial charge in [-0.3, -0.25) is 9.59 Å². The summed E-state index contributed by atoms with van der Waals surface area (Å²) in [5.74, 6) is -1.01. The molecule has 0 saturated heterocycles. The van der Waals surface area contributed by atoms with Gasteiger partial charge in [-0.05, 0) is 55.2 Å². The number of nitrogens with zero attached hydrogens (tertiary/aromatic N) is 1. The Bertz CT molecular complexity index is 816. The Hall–Kier alpha value is -2.76. The van der Waals surface area contributed by atoms with Gasteiger partial charge in [0.25, 0.3) is 0 Å². The third-order valence-corrected chi connectivity index (χ3v) is 4.55. The normalized spacial score (nSPS) is 10.6. The summed E-state index contributed by atoms with van der Waals surface area (Å²) in [5.41, 5.74) is 1.53. The van der Waals surface area contributed by atoms with Crippen LogP contribution in [0.15, 0.2) is 42.5 Å². The van der Waals surface area contributed by atoms with Crippen molar-refractivity contribution in [1.29, 1.82) is 0 Å². The Morgan fingerprint density at radius 2 is 1.52 bits per heavy atom. The lowest BCUT2D eigenvalue weighted by Crippen LogP contribution is -2.32. The van der Waals surface area contributed by atoms with Crippen LogP contribution in [0.4, 0.5) is 14.5 Å². The molecule has 0 saturated carbocycles. The highest BCUT2D eigenvalue weighted by molar-refractivity contribution is 5.95. The second-order valence-corrected chi connectivity index (χ2v) is 6.98. The molecule has 156 valence electrons. The highest BCUT2D eigenvalue weighted by atomic mass is 19.1. The van der Waals surface area contributed by atoms with Gasteiger partial charge in [0.15, 0.2) is 0 Å². The lowest BCUT2D eigenvalue weighted by atomic mass is 10.0. The molecule has 0 spiro atoms. The minimum Gasteiger partial charge on any atom is -0.343 e. The van der Waals surface area contributed by atoms with Crippen LogP contribution in [0, 0.1) is 11.6 Å². The highest BCUT2D eigenvalue weighted by Gasteiger charge is 2.14. The first-order valence-corrected chi connectivity index (χ1v) is 10.1. The highest BCUT2D eigenvalue weighted by Crippen LogP contribution is 2.29. The van der Waals surface area contributed by atoms with Crippen molar-refractivity contribution in [2.24, 2.45) is 0 Å². The van der Waals surface area contributed by atoms with Gasteiger partial charge >= 0.3 is 0 Å². The van der Waals surface area contributed by atoms with Crippen LogP contribution in [0.3, 0.4) is 0 Å². The molecule has 0 heterocycles. The van der Waals surface area contributed by atoms with E-state index in [0.717, 1.165) is 25.9 Å². The molecule has 4 nitrogen and oxygen atoms in total. The van der Waals surface area contributed by atoms with Gasteiger partial charge in [-0.2, -0.15) is 0 Å². The van der Waals surface area contributed by atoms with Crippen molar-refractivity contribution < 1.29 is 18.4 Å². The van der Waals surface area contributed by atoms with Crippen LogP contribution >= 0.6 is 0 Å². The van der Waals surface area contributed by atoms with Crippen molar-refractivity contribution in [2.75, 3.05) is 18.4 Å². The van der Waals surface area contributed by atoms with Crippen LogP contribution in [0.2, 0.25) is 0 Å². The number of halogens is 2. The molecule has 0 fully saturated rings. The topological polar surface area (TPSA) is 49.4 Å². The molecule has 2 aromatic carbocycles. The molecule has 2 amide bonds. The molecule has 0 aliphatic heterocycles. The first-order chi connectivity index (χ1) is 13.9. The van der Waals surface area contributed by atoms with Crippen LogP contribution < -0.4 is 5.32 Å². The summed E-state index contributed by atoms with van der Waals surface area (Å²) in [6, 6.07) is 9.70. The quantitative estimate of drug-likeness (QED) is 0.579. The standard InChI is InChI=1S/C23H28F2N2O2/c1-3-14-27(15-4-2)23(29)7-5-6-22(28)26-21-13-12-19(25)16-20(21)17-8-10-18(24)11-9-17/h8-13,16H,3-7,14-15H2,1-2H3,(H,26,28). The molecule has 2 aromatic rings. The van der Waals surface area contributed by atoms with Crippen LogP contribution in [0.25, 0.3) is 11.1 Å². The molecule has 0 aliphatic rings. The molecule has 0 aromatic heterocycles. The van der Waals surface area contributed by atoms with Gasteiger partial charge in [0, 0.05) is 37.2 Å². The van der Waals surface area contributed by atoms with E-state index in [2.05, 4.69) is 5.32 Å². The predicted octanol–water partition coefficient (Wildman–Crippen LogP) is 5.39. The Labute approximate surface area is 170 Å². The molecule has 0 radical (unpaired) electrons. The summed E-state index contributed by atoms with van der Waals surface area (Å²) in [7, 11) is 0. The summed E-state index contributed by atoms with van der Waals surface area (Å²) in [6.45, 7) is 5.53. The SMILES string of the molecule is CCCN(CCC)C(=O)CCCC(=O)Nc1ccc(F)cc1-c1ccc(F)cc1. The van der Waals surface area contributed by atoms with Gasteiger partial charge in [-0.25, -0.2) is 8.78 Å². The monoisotopic (exact) mass is 402 g/mol. The van der Waals surface area contributed by atoms with E-state index in [4.69, 9.17) is 0 Å². The first-order valence-electron chi connectivity index (χ1n) is 10.1. The maximum atomic E-state index is 13.7. The Morgan fingerprint density at radius 1 is 0.897 bits per heavy atom. The van der Waals surface area contributed by atoms with Gasteiger partial charge in [0.05, 0.1) is 0 Å². The molecule has 1 N–H and O–H groups in total. The summed E-state index contributed by atoms with van der Waals surface area (Å²) in [6.07, 6.45) is 2.77. The fraction of sp³-hybridized carbons (Fsp3) is 0.391. The molecule has 2 rings (SSSR count). The summed E-state index contributed by atoms with van der Waals surface area (Å²) >= 11 is 0. The Kier molecular flexibility index (Phi) is 8.77. The van der Waals surface area contributed by atoms with E-state index in [9.17, 15) is 18.4 Å². The molecule has 0 unspecified atom stereocenters. The van der Waals surface area contributed by atoms with Crippen molar-refractivity contribution in [2.45, 2.75) is 46.0 Å². The summed E-state index contributed by atoms with van der Waals surface area (Å²) < 4.78 is 26.9. The second kappa shape index (κ2) is 11.3. The predicted molar refractivity (Wildman–Crippen MR) is 111 cm³/mol. The number of anilines is 1. The minimum atomic E-state index is -0.445. The van der Waals surface area contributed by atoms with Gasteiger partial charge in [0.1, 0.15) is 11.6 Å². The number of amides is 2. The number of nitrogens with one attached hydrogen (secondary N) is 1. The smallest absolute Gasteiger partial charge is 0.224 e. The number of rotatable bonds is 10.